The van der Waals surface area contributed by atoms with Gasteiger partial charge >= 0.3 is 6.09 Å². The van der Waals surface area contributed by atoms with Gasteiger partial charge in [-0.15, -0.1) is 0 Å². The average Bonchev–Trinajstić information content (AvgIpc) is 3.04. The molecule has 6 nitrogen and oxygen atoms in total. The Bertz CT molecular complexity index is 1170. The SMILES string of the molecule is Cc1ccnc(NC(=O)Oc2ccc3nc(-c4c(Cl)cccc4Cl)[nH]c3c2)c1. The number of hydrogen-bond acceptors (Lipinski definition) is 4. The van der Waals surface area contributed by atoms with Crippen LogP contribution in [0.15, 0.2) is 54.7 Å². The third kappa shape index (κ3) is 3.78. The lowest BCUT2D eigenvalue weighted by atomic mass is 10.2. The summed E-state index contributed by atoms with van der Waals surface area (Å²) in [4.78, 5) is 23.9. The van der Waals surface area contributed by atoms with Crippen LogP contribution in [0, 0.1) is 6.92 Å². The summed E-state index contributed by atoms with van der Waals surface area (Å²) in [7, 11) is 0. The number of anilines is 1. The van der Waals surface area contributed by atoms with Gasteiger partial charge in [0.1, 0.15) is 17.4 Å². The number of aromatic nitrogens is 3. The van der Waals surface area contributed by atoms with Gasteiger partial charge < -0.3 is 9.72 Å². The van der Waals surface area contributed by atoms with Crippen LogP contribution in [0.4, 0.5) is 10.6 Å². The standard InChI is InChI=1S/C20H14Cl2N4O2/c1-11-7-8-23-17(9-11)26-20(27)28-12-5-6-15-16(10-12)25-19(24-15)18-13(21)3-2-4-14(18)22/h2-10H,1H3,(H,24,25)(H,23,26,27). The molecule has 2 N–H and O–H groups in total. The molecule has 2 aromatic heterocycles. The molecule has 0 spiro atoms. The molecular weight excluding hydrogens is 399 g/mol. The van der Waals surface area contributed by atoms with E-state index in [0.29, 0.717) is 44.0 Å². The molecule has 0 saturated carbocycles. The molecule has 0 saturated heterocycles. The van der Waals surface area contributed by atoms with Gasteiger partial charge in [-0.1, -0.05) is 29.3 Å². The van der Waals surface area contributed by atoms with Crippen LogP contribution in [-0.4, -0.2) is 21.0 Å². The predicted molar refractivity (Wildman–Crippen MR) is 110 cm³/mol. The lowest BCUT2D eigenvalue weighted by Crippen LogP contribution is -2.17. The molecule has 0 fully saturated rings. The number of carbonyl (C=O) groups excluding carboxylic acids is 1. The highest BCUT2D eigenvalue weighted by atomic mass is 35.5. The van der Waals surface area contributed by atoms with Crippen molar-refractivity contribution < 1.29 is 9.53 Å². The molecule has 140 valence electrons. The monoisotopic (exact) mass is 412 g/mol. The third-order valence-corrected chi connectivity index (χ3v) is 4.64. The van der Waals surface area contributed by atoms with Crippen LogP contribution in [0.1, 0.15) is 5.56 Å². The van der Waals surface area contributed by atoms with E-state index < -0.39 is 6.09 Å². The van der Waals surface area contributed by atoms with Crippen molar-refractivity contribution in [3.05, 3.63) is 70.3 Å². The van der Waals surface area contributed by atoms with Crippen LogP contribution >= 0.6 is 23.2 Å². The van der Waals surface area contributed by atoms with Crippen LogP contribution in [0.2, 0.25) is 10.0 Å². The van der Waals surface area contributed by atoms with Gasteiger partial charge in [0.15, 0.2) is 0 Å². The molecule has 0 bridgehead atoms. The van der Waals surface area contributed by atoms with Gasteiger partial charge in [0.05, 0.1) is 26.6 Å². The van der Waals surface area contributed by atoms with E-state index in [-0.39, 0.29) is 0 Å². The Kier molecular flexibility index (Phi) is 4.90. The summed E-state index contributed by atoms with van der Waals surface area (Å²) in [5.41, 5.74) is 2.98. The number of benzene rings is 2. The third-order valence-electron chi connectivity index (χ3n) is 4.01. The van der Waals surface area contributed by atoms with Crippen molar-refractivity contribution in [2.24, 2.45) is 0 Å². The van der Waals surface area contributed by atoms with Crippen LogP contribution < -0.4 is 10.1 Å². The molecule has 4 rings (SSSR count). The minimum Gasteiger partial charge on any atom is -0.410 e. The molecule has 1 amide bonds. The van der Waals surface area contributed by atoms with Gasteiger partial charge in [-0.05, 0) is 48.9 Å². The number of nitrogens with zero attached hydrogens (tertiary/aromatic N) is 2. The quantitative estimate of drug-likeness (QED) is 0.442. The number of H-pyrrole nitrogens is 1. The highest BCUT2D eigenvalue weighted by Gasteiger charge is 2.14. The first-order valence-corrected chi connectivity index (χ1v) is 9.11. The zero-order chi connectivity index (χ0) is 19.7. The molecule has 0 unspecified atom stereocenters. The summed E-state index contributed by atoms with van der Waals surface area (Å²) in [5.74, 6) is 1.32. The summed E-state index contributed by atoms with van der Waals surface area (Å²) in [6.45, 7) is 1.91. The van der Waals surface area contributed by atoms with E-state index in [0.717, 1.165) is 5.56 Å². The summed E-state index contributed by atoms with van der Waals surface area (Å²) in [6, 6.07) is 13.9. The number of imidazole rings is 1. The Morgan fingerprint density at radius 3 is 2.64 bits per heavy atom. The fourth-order valence-corrected chi connectivity index (χ4v) is 3.31. The van der Waals surface area contributed by atoms with Crippen LogP contribution in [0.25, 0.3) is 22.4 Å². The van der Waals surface area contributed by atoms with Crippen molar-refractivity contribution in [3.63, 3.8) is 0 Å². The van der Waals surface area contributed by atoms with Crippen molar-refractivity contribution in [2.75, 3.05) is 5.32 Å². The second-order valence-electron chi connectivity index (χ2n) is 6.09. The zero-order valence-corrected chi connectivity index (χ0v) is 16.2. The lowest BCUT2D eigenvalue weighted by molar-refractivity contribution is 0.215. The van der Waals surface area contributed by atoms with Crippen molar-refractivity contribution in [2.45, 2.75) is 6.92 Å². The Morgan fingerprint density at radius 1 is 1.11 bits per heavy atom. The molecule has 0 radical (unpaired) electrons. The molecule has 2 heterocycles. The van der Waals surface area contributed by atoms with Gasteiger partial charge in [-0.3, -0.25) is 5.32 Å². The number of aryl methyl sites for hydroxylation is 1. The van der Waals surface area contributed by atoms with Gasteiger partial charge in [0, 0.05) is 12.3 Å². The van der Waals surface area contributed by atoms with Crippen LogP contribution in [0.3, 0.4) is 0 Å². The Hall–Kier alpha value is -3.09. The van der Waals surface area contributed by atoms with Crippen molar-refractivity contribution in [1.29, 1.82) is 0 Å². The first-order valence-electron chi connectivity index (χ1n) is 8.35. The topological polar surface area (TPSA) is 79.9 Å². The fraction of sp³-hybridized carbons (Fsp3) is 0.0500. The summed E-state index contributed by atoms with van der Waals surface area (Å²) >= 11 is 12.5. The maximum Gasteiger partial charge on any atom is 0.418 e. The number of amides is 1. The van der Waals surface area contributed by atoms with Crippen molar-refractivity contribution in [1.82, 2.24) is 15.0 Å². The van der Waals surface area contributed by atoms with E-state index in [1.807, 2.05) is 13.0 Å². The highest BCUT2D eigenvalue weighted by Crippen LogP contribution is 2.34. The maximum absolute atomic E-state index is 12.1. The zero-order valence-electron chi connectivity index (χ0n) is 14.7. The van der Waals surface area contributed by atoms with Crippen molar-refractivity contribution >= 4 is 46.1 Å². The number of hydrogen-bond donors (Lipinski definition) is 2. The van der Waals surface area contributed by atoms with E-state index in [1.165, 1.54) is 0 Å². The second-order valence-corrected chi connectivity index (χ2v) is 6.91. The van der Waals surface area contributed by atoms with Crippen LogP contribution in [-0.2, 0) is 0 Å². The first-order chi connectivity index (χ1) is 13.5. The Morgan fingerprint density at radius 2 is 1.89 bits per heavy atom. The number of halogens is 2. The first kappa shape index (κ1) is 18.3. The van der Waals surface area contributed by atoms with E-state index in [4.69, 9.17) is 27.9 Å². The molecular formula is C20H14Cl2N4O2. The molecule has 0 aliphatic carbocycles. The van der Waals surface area contributed by atoms with E-state index in [1.54, 1.807) is 48.7 Å². The Balaban J connectivity index is 1.57. The van der Waals surface area contributed by atoms with Gasteiger partial charge in [-0.25, -0.2) is 14.8 Å². The maximum atomic E-state index is 12.1. The van der Waals surface area contributed by atoms with Gasteiger partial charge in [0.25, 0.3) is 0 Å². The van der Waals surface area contributed by atoms with Gasteiger partial charge in [-0.2, -0.15) is 0 Å². The van der Waals surface area contributed by atoms with Crippen LogP contribution in [0.5, 0.6) is 5.75 Å². The molecule has 0 aliphatic heterocycles. The number of carbonyl (C=O) groups is 1. The number of fused-ring (bicyclic) bond motifs is 1. The highest BCUT2D eigenvalue weighted by molar-refractivity contribution is 6.39. The Labute approximate surface area is 170 Å². The number of aromatic amines is 1. The summed E-state index contributed by atoms with van der Waals surface area (Å²) in [5, 5.41) is 3.58. The smallest absolute Gasteiger partial charge is 0.410 e. The summed E-state index contributed by atoms with van der Waals surface area (Å²) in [6.07, 6.45) is 0.981. The number of ether oxygens (including phenoxy) is 1. The number of nitrogens with one attached hydrogen (secondary N) is 2. The molecule has 0 aliphatic rings. The minimum absolute atomic E-state index is 0.359. The van der Waals surface area contributed by atoms with Crippen molar-refractivity contribution in [3.8, 4) is 17.1 Å². The van der Waals surface area contributed by atoms with E-state index in [2.05, 4.69) is 20.3 Å². The van der Waals surface area contributed by atoms with E-state index in [9.17, 15) is 4.79 Å². The normalized spacial score (nSPS) is 10.8. The molecule has 8 heteroatoms. The fourth-order valence-electron chi connectivity index (χ4n) is 2.74. The molecule has 4 aromatic rings. The lowest BCUT2D eigenvalue weighted by Gasteiger charge is -2.06. The van der Waals surface area contributed by atoms with Gasteiger partial charge in [0.2, 0.25) is 0 Å². The summed E-state index contributed by atoms with van der Waals surface area (Å²) < 4.78 is 5.34. The second kappa shape index (κ2) is 7.50. The molecule has 28 heavy (non-hydrogen) atoms. The number of rotatable bonds is 3. The predicted octanol–water partition coefficient (Wildman–Crippen LogP) is 5.85. The van der Waals surface area contributed by atoms with E-state index >= 15 is 0 Å². The molecule has 2 aromatic carbocycles. The largest absolute Gasteiger partial charge is 0.418 e. The molecule has 0 atom stereocenters. The minimum atomic E-state index is -0.633. The average molecular weight is 413 g/mol. The number of pyridine rings is 1.